The van der Waals surface area contributed by atoms with Crippen molar-refractivity contribution in [3.05, 3.63) is 88.4 Å². The maximum atomic E-state index is 12.8. The molecular formula is C25H25F3N4O. The second-order valence-electron chi connectivity index (χ2n) is 8.18. The number of alkyl halides is 3. The molecular weight excluding hydrogens is 429 g/mol. The van der Waals surface area contributed by atoms with E-state index >= 15 is 0 Å². The van der Waals surface area contributed by atoms with Crippen LogP contribution in [0.15, 0.2) is 54.6 Å². The maximum absolute atomic E-state index is 12.8. The molecule has 0 saturated carbocycles. The molecule has 3 aromatic rings. The summed E-state index contributed by atoms with van der Waals surface area (Å²) in [4.78, 5) is 25.9. The number of carbonyl (C=O) groups excluding carboxylic acids is 1. The van der Waals surface area contributed by atoms with E-state index in [2.05, 4.69) is 22.0 Å². The van der Waals surface area contributed by atoms with E-state index in [0.717, 1.165) is 29.2 Å². The van der Waals surface area contributed by atoms with Crippen LogP contribution in [-0.4, -0.2) is 47.0 Å². The van der Waals surface area contributed by atoms with Gasteiger partial charge in [-0.1, -0.05) is 30.3 Å². The summed E-state index contributed by atoms with van der Waals surface area (Å²) < 4.78 is 38.4. The van der Waals surface area contributed by atoms with Crippen molar-refractivity contribution in [2.24, 2.45) is 0 Å². The van der Waals surface area contributed by atoms with Gasteiger partial charge in [0.2, 0.25) is 0 Å². The fourth-order valence-corrected chi connectivity index (χ4v) is 4.09. The van der Waals surface area contributed by atoms with E-state index in [0.29, 0.717) is 38.4 Å². The lowest BCUT2D eigenvalue weighted by molar-refractivity contribution is -0.137. The number of rotatable bonds is 4. The normalized spacial score (nSPS) is 14.5. The molecule has 0 radical (unpaired) electrons. The first-order valence-electron chi connectivity index (χ1n) is 10.8. The molecule has 0 bridgehead atoms. The summed E-state index contributed by atoms with van der Waals surface area (Å²) in [6.07, 6.45) is -3.70. The summed E-state index contributed by atoms with van der Waals surface area (Å²) in [5.74, 6) is 1.32. The van der Waals surface area contributed by atoms with Crippen LogP contribution in [0.1, 0.15) is 38.6 Å². The fourth-order valence-electron chi connectivity index (χ4n) is 4.09. The Labute approximate surface area is 190 Å². The van der Waals surface area contributed by atoms with Crippen molar-refractivity contribution < 1.29 is 18.0 Å². The minimum absolute atomic E-state index is 0.259. The molecule has 2 aromatic carbocycles. The van der Waals surface area contributed by atoms with Gasteiger partial charge in [0.1, 0.15) is 11.6 Å². The Morgan fingerprint density at radius 3 is 2.15 bits per heavy atom. The Kier molecular flexibility index (Phi) is 6.35. The van der Waals surface area contributed by atoms with Gasteiger partial charge in [-0.15, -0.1) is 0 Å². The number of aromatic nitrogens is 2. The van der Waals surface area contributed by atoms with Crippen LogP contribution in [0.4, 0.5) is 19.0 Å². The zero-order valence-electron chi connectivity index (χ0n) is 18.6. The average molecular weight is 454 g/mol. The summed E-state index contributed by atoms with van der Waals surface area (Å²) in [6.45, 7) is 5.96. The minimum atomic E-state index is -4.42. The fraction of sp³-hybridized carbons (Fsp3) is 0.320. The second-order valence-corrected chi connectivity index (χ2v) is 8.18. The van der Waals surface area contributed by atoms with E-state index in [9.17, 15) is 18.0 Å². The van der Waals surface area contributed by atoms with Gasteiger partial charge in [0.15, 0.2) is 0 Å². The van der Waals surface area contributed by atoms with Gasteiger partial charge < -0.3 is 9.80 Å². The van der Waals surface area contributed by atoms with Crippen molar-refractivity contribution in [1.82, 2.24) is 14.9 Å². The summed E-state index contributed by atoms with van der Waals surface area (Å²) in [5, 5.41) is 0. The van der Waals surface area contributed by atoms with Crippen molar-refractivity contribution >= 4 is 11.7 Å². The molecule has 0 N–H and O–H groups in total. The van der Waals surface area contributed by atoms with Gasteiger partial charge in [0.05, 0.1) is 5.56 Å². The molecule has 1 aliphatic heterocycles. The van der Waals surface area contributed by atoms with E-state index in [1.54, 1.807) is 4.90 Å². The molecule has 1 aliphatic rings. The molecule has 1 amide bonds. The van der Waals surface area contributed by atoms with Crippen LogP contribution in [-0.2, 0) is 12.6 Å². The van der Waals surface area contributed by atoms with Gasteiger partial charge in [-0.2, -0.15) is 13.2 Å². The Morgan fingerprint density at radius 1 is 0.909 bits per heavy atom. The third-order valence-corrected chi connectivity index (χ3v) is 5.85. The highest BCUT2D eigenvalue weighted by molar-refractivity contribution is 5.94. The summed E-state index contributed by atoms with van der Waals surface area (Å²) in [7, 11) is 0. The quantitative estimate of drug-likeness (QED) is 0.575. The van der Waals surface area contributed by atoms with Crippen LogP contribution in [0.5, 0.6) is 0 Å². The van der Waals surface area contributed by atoms with Crippen molar-refractivity contribution in [1.29, 1.82) is 0 Å². The van der Waals surface area contributed by atoms with E-state index in [-0.39, 0.29) is 11.5 Å². The second kappa shape index (κ2) is 9.21. The lowest BCUT2D eigenvalue weighted by Crippen LogP contribution is -2.49. The topological polar surface area (TPSA) is 49.3 Å². The predicted octanol–water partition coefficient (Wildman–Crippen LogP) is 4.67. The number of aryl methyl sites for hydroxylation is 2. The molecule has 33 heavy (non-hydrogen) atoms. The Hall–Kier alpha value is -3.42. The zero-order valence-corrected chi connectivity index (χ0v) is 18.6. The smallest absolute Gasteiger partial charge is 0.353 e. The number of hydrogen-bond donors (Lipinski definition) is 0. The van der Waals surface area contributed by atoms with Gasteiger partial charge in [0.25, 0.3) is 5.91 Å². The molecule has 1 aromatic heterocycles. The molecule has 4 rings (SSSR count). The van der Waals surface area contributed by atoms with E-state index in [1.165, 1.54) is 17.7 Å². The van der Waals surface area contributed by atoms with E-state index in [4.69, 9.17) is 4.98 Å². The Balaban J connectivity index is 1.48. The van der Waals surface area contributed by atoms with Crippen LogP contribution < -0.4 is 4.90 Å². The average Bonchev–Trinajstić information content (AvgIpc) is 2.80. The third-order valence-electron chi connectivity index (χ3n) is 5.85. The number of anilines is 1. The molecule has 0 spiro atoms. The van der Waals surface area contributed by atoms with E-state index in [1.807, 2.05) is 32.0 Å². The van der Waals surface area contributed by atoms with Crippen molar-refractivity contribution in [2.75, 3.05) is 31.1 Å². The monoisotopic (exact) mass is 454 g/mol. The number of nitrogens with zero attached hydrogens (tertiary/aromatic N) is 4. The van der Waals surface area contributed by atoms with E-state index < -0.39 is 11.7 Å². The summed E-state index contributed by atoms with van der Waals surface area (Å²) >= 11 is 0. The first kappa shape index (κ1) is 22.8. The van der Waals surface area contributed by atoms with Crippen LogP contribution in [0.25, 0.3) is 0 Å². The predicted molar refractivity (Wildman–Crippen MR) is 120 cm³/mol. The molecule has 0 atom stereocenters. The number of piperazine rings is 1. The third kappa shape index (κ3) is 5.16. The highest BCUT2D eigenvalue weighted by atomic mass is 19.4. The molecule has 172 valence electrons. The van der Waals surface area contributed by atoms with Gasteiger partial charge in [0, 0.05) is 49.4 Å². The number of halogens is 3. The highest BCUT2D eigenvalue weighted by Gasteiger charge is 2.31. The van der Waals surface area contributed by atoms with Crippen molar-refractivity contribution in [2.45, 2.75) is 26.4 Å². The highest BCUT2D eigenvalue weighted by Crippen LogP contribution is 2.29. The molecule has 5 nitrogen and oxygen atoms in total. The van der Waals surface area contributed by atoms with Crippen LogP contribution in [0, 0.1) is 13.8 Å². The number of benzene rings is 2. The van der Waals surface area contributed by atoms with Crippen molar-refractivity contribution in [3.8, 4) is 0 Å². The Bertz CT molecular complexity index is 1120. The van der Waals surface area contributed by atoms with Crippen LogP contribution in [0.2, 0.25) is 0 Å². The van der Waals surface area contributed by atoms with Gasteiger partial charge in [-0.05, 0) is 43.7 Å². The zero-order chi connectivity index (χ0) is 23.6. The minimum Gasteiger partial charge on any atom is -0.353 e. The molecule has 1 fully saturated rings. The lowest BCUT2D eigenvalue weighted by atomic mass is 10.0. The standard InChI is InChI=1S/C25H25F3N4O/c1-17-22(16-19-6-4-3-5-7-19)23(30-18(2)29-17)31-12-14-32(15-13-31)24(33)20-8-10-21(11-9-20)25(26,27)28/h3-11H,12-16H2,1-2H3. The molecule has 1 saturated heterocycles. The van der Waals surface area contributed by atoms with Gasteiger partial charge in [-0.25, -0.2) is 9.97 Å². The number of amides is 1. The Morgan fingerprint density at radius 2 is 1.55 bits per heavy atom. The lowest BCUT2D eigenvalue weighted by Gasteiger charge is -2.36. The molecule has 0 unspecified atom stereocenters. The summed E-state index contributed by atoms with van der Waals surface area (Å²) in [5.41, 5.74) is 2.67. The SMILES string of the molecule is Cc1nc(C)c(Cc2ccccc2)c(N2CCN(C(=O)c3ccc(C(F)(F)F)cc3)CC2)n1. The van der Waals surface area contributed by atoms with Gasteiger partial charge in [-0.3, -0.25) is 4.79 Å². The first-order valence-corrected chi connectivity index (χ1v) is 10.8. The maximum Gasteiger partial charge on any atom is 0.416 e. The molecule has 0 aliphatic carbocycles. The van der Waals surface area contributed by atoms with Gasteiger partial charge >= 0.3 is 6.18 Å². The summed E-state index contributed by atoms with van der Waals surface area (Å²) in [6, 6.07) is 14.5. The molecule has 2 heterocycles. The van der Waals surface area contributed by atoms with Crippen LogP contribution in [0.3, 0.4) is 0 Å². The largest absolute Gasteiger partial charge is 0.416 e. The first-order chi connectivity index (χ1) is 15.7. The number of carbonyl (C=O) groups is 1. The van der Waals surface area contributed by atoms with Crippen molar-refractivity contribution in [3.63, 3.8) is 0 Å². The molecule has 8 heteroatoms. The van der Waals surface area contributed by atoms with Crippen LogP contribution >= 0.6 is 0 Å². The number of hydrogen-bond acceptors (Lipinski definition) is 4.